The molecule has 0 unspecified atom stereocenters. The lowest BCUT2D eigenvalue weighted by atomic mass is 9.81. The number of amides is 2. The van der Waals surface area contributed by atoms with E-state index in [9.17, 15) is 4.79 Å². The molecule has 116 valence electrons. The van der Waals surface area contributed by atoms with E-state index in [0.29, 0.717) is 24.1 Å². The summed E-state index contributed by atoms with van der Waals surface area (Å²) in [7, 11) is 0. The summed E-state index contributed by atoms with van der Waals surface area (Å²) < 4.78 is 5.80. The van der Waals surface area contributed by atoms with Crippen LogP contribution in [0.2, 0.25) is 0 Å². The van der Waals surface area contributed by atoms with Crippen LogP contribution in [0.15, 0.2) is 12.3 Å². The highest BCUT2D eigenvalue weighted by Crippen LogP contribution is 2.34. The number of aromatic nitrogens is 2. The maximum atomic E-state index is 11.9. The fourth-order valence-corrected chi connectivity index (χ4v) is 2.71. The van der Waals surface area contributed by atoms with Gasteiger partial charge in [-0.3, -0.25) is 5.32 Å². The fraction of sp³-hybridized carbons (Fsp3) is 0.667. The normalized spacial score (nSPS) is 22.1. The quantitative estimate of drug-likeness (QED) is 0.896. The van der Waals surface area contributed by atoms with Crippen LogP contribution in [0.5, 0.6) is 0 Å². The van der Waals surface area contributed by atoms with E-state index in [1.807, 2.05) is 0 Å². The van der Waals surface area contributed by atoms with Gasteiger partial charge in [0.15, 0.2) is 0 Å². The number of carbonyl (C=O) groups excluding carboxylic acids is 1. The molecule has 21 heavy (non-hydrogen) atoms. The average molecular weight is 292 g/mol. The molecule has 2 rings (SSSR count). The Kier molecular flexibility index (Phi) is 4.77. The van der Waals surface area contributed by atoms with E-state index in [4.69, 9.17) is 4.74 Å². The Morgan fingerprint density at radius 2 is 2.24 bits per heavy atom. The minimum atomic E-state index is -0.243. The molecule has 0 bridgehead atoms. The van der Waals surface area contributed by atoms with Crippen molar-refractivity contribution in [2.45, 2.75) is 40.2 Å². The Labute approximate surface area is 125 Å². The molecule has 6 nitrogen and oxygen atoms in total. The highest BCUT2D eigenvalue weighted by atomic mass is 16.5. The zero-order valence-corrected chi connectivity index (χ0v) is 13.1. The lowest BCUT2D eigenvalue weighted by Gasteiger charge is -2.31. The van der Waals surface area contributed by atoms with E-state index in [1.165, 1.54) is 0 Å². The van der Waals surface area contributed by atoms with Gasteiger partial charge in [-0.2, -0.15) is 0 Å². The van der Waals surface area contributed by atoms with Crippen LogP contribution in [0.4, 0.5) is 10.6 Å². The summed E-state index contributed by atoms with van der Waals surface area (Å²) in [6, 6.07) is 1.43. The topological polar surface area (TPSA) is 76.1 Å². The molecule has 1 aliphatic rings. The third kappa shape index (κ3) is 4.39. The summed E-state index contributed by atoms with van der Waals surface area (Å²) in [6.45, 7) is 9.66. The smallest absolute Gasteiger partial charge is 0.320 e. The number of urea groups is 1. The Morgan fingerprint density at radius 1 is 1.48 bits per heavy atom. The summed E-state index contributed by atoms with van der Waals surface area (Å²) in [5, 5.41) is 5.62. The van der Waals surface area contributed by atoms with Gasteiger partial charge in [0, 0.05) is 25.3 Å². The van der Waals surface area contributed by atoms with Crippen molar-refractivity contribution in [2.24, 2.45) is 11.3 Å². The van der Waals surface area contributed by atoms with Crippen LogP contribution < -0.4 is 10.6 Å². The molecular weight excluding hydrogens is 268 g/mol. The number of nitrogens with zero attached hydrogens (tertiary/aromatic N) is 2. The number of hydrogen-bond donors (Lipinski definition) is 2. The van der Waals surface area contributed by atoms with E-state index in [1.54, 1.807) is 19.2 Å². The maximum Gasteiger partial charge on any atom is 0.320 e. The average Bonchev–Trinajstić information content (AvgIpc) is 2.84. The molecule has 0 saturated carbocycles. The molecule has 0 radical (unpaired) electrons. The van der Waals surface area contributed by atoms with Crippen molar-refractivity contribution in [2.75, 3.05) is 18.5 Å². The van der Waals surface area contributed by atoms with Gasteiger partial charge in [-0.15, -0.1) is 0 Å². The van der Waals surface area contributed by atoms with Crippen molar-refractivity contribution in [1.82, 2.24) is 15.3 Å². The number of aryl methyl sites for hydroxylation is 1. The molecule has 0 spiro atoms. The molecule has 0 aliphatic carbocycles. The van der Waals surface area contributed by atoms with E-state index in [-0.39, 0.29) is 17.6 Å². The first-order chi connectivity index (χ1) is 9.86. The third-order valence-corrected chi connectivity index (χ3v) is 3.61. The van der Waals surface area contributed by atoms with E-state index in [2.05, 4.69) is 41.4 Å². The highest BCUT2D eigenvalue weighted by Gasteiger charge is 2.37. The van der Waals surface area contributed by atoms with E-state index in [0.717, 1.165) is 13.0 Å². The van der Waals surface area contributed by atoms with Crippen LogP contribution in [0.3, 0.4) is 0 Å². The van der Waals surface area contributed by atoms with Crippen molar-refractivity contribution < 1.29 is 9.53 Å². The standard InChI is InChI=1S/C15H24N4O2/c1-10-16-7-5-12(18-10)19-14(20)17-9-11-6-8-21-13(11)15(2,3)4/h5,7,11,13H,6,8-9H2,1-4H3,(H2,16,17,18,19,20)/t11-,13+/m1/s1. The van der Waals surface area contributed by atoms with E-state index < -0.39 is 0 Å². The SMILES string of the molecule is Cc1nccc(NC(=O)NC[C@H]2CCO[C@@H]2C(C)(C)C)n1. The minimum Gasteiger partial charge on any atom is -0.377 e. The second kappa shape index (κ2) is 6.39. The number of carbonyl (C=O) groups is 1. The van der Waals surface area contributed by atoms with Crippen molar-refractivity contribution in [3.05, 3.63) is 18.1 Å². The molecule has 2 N–H and O–H groups in total. The summed E-state index contributed by atoms with van der Waals surface area (Å²) in [4.78, 5) is 20.0. The van der Waals surface area contributed by atoms with Gasteiger partial charge in [-0.05, 0) is 24.8 Å². The molecule has 6 heteroatoms. The first kappa shape index (κ1) is 15.7. The van der Waals surface area contributed by atoms with Crippen LogP contribution in [-0.2, 0) is 4.74 Å². The Balaban J connectivity index is 1.84. The monoisotopic (exact) mass is 292 g/mol. The maximum absolute atomic E-state index is 11.9. The van der Waals surface area contributed by atoms with Gasteiger partial charge in [0.05, 0.1) is 6.10 Å². The fourth-order valence-electron chi connectivity index (χ4n) is 2.71. The lowest BCUT2D eigenvalue weighted by molar-refractivity contribution is 0.00782. The zero-order chi connectivity index (χ0) is 15.5. The highest BCUT2D eigenvalue weighted by molar-refractivity contribution is 5.88. The number of hydrogen-bond acceptors (Lipinski definition) is 4. The molecule has 0 aromatic carbocycles. The van der Waals surface area contributed by atoms with Crippen LogP contribution in [0, 0.1) is 18.3 Å². The number of anilines is 1. The van der Waals surface area contributed by atoms with E-state index >= 15 is 0 Å². The van der Waals surface area contributed by atoms with Crippen LogP contribution in [0.25, 0.3) is 0 Å². The summed E-state index contributed by atoms with van der Waals surface area (Å²) in [5.74, 6) is 1.49. The Morgan fingerprint density at radius 3 is 2.90 bits per heavy atom. The molecule has 1 aromatic heterocycles. The first-order valence-corrected chi connectivity index (χ1v) is 7.32. The minimum absolute atomic E-state index is 0.0864. The van der Waals surface area contributed by atoms with Gasteiger partial charge in [-0.1, -0.05) is 20.8 Å². The lowest BCUT2D eigenvalue weighted by Crippen LogP contribution is -2.40. The second-order valence-electron chi connectivity index (χ2n) is 6.53. The van der Waals surface area contributed by atoms with Crippen molar-refractivity contribution >= 4 is 11.8 Å². The van der Waals surface area contributed by atoms with Crippen molar-refractivity contribution in [1.29, 1.82) is 0 Å². The number of ether oxygens (including phenoxy) is 1. The van der Waals surface area contributed by atoms with Gasteiger partial charge in [0.1, 0.15) is 11.6 Å². The molecule has 1 fully saturated rings. The molecule has 2 atom stereocenters. The molecule has 2 amide bonds. The van der Waals surface area contributed by atoms with Crippen LogP contribution >= 0.6 is 0 Å². The van der Waals surface area contributed by atoms with Gasteiger partial charge < -0.3 is 10.1 Å². The summed E-state index contributed by atoms with van der Waals surface area (Å²) >= 11 is 0. The summed E-state index contributed by atoms with van der Waals surface area (Å²) in [5.41, 5.74) is 0.0864. The van der Waals surface area contributed by atoms with Gasteiger partial charge in [-0.25, -0.2) is 14.8 Å². The zero-order valence-electron chi connectivity index (χ0n) is 13.1. The predicted molar refractivity (Wildman–Crippen MR) is 81.1 cm³/mol. The van der Waals surface area contributed by atoms with Crippen molar-refractivity contribution in [3.63, 3.8) is 0 Å². The number of nitrogens with one attached hydrogen (secondary N) is 2. The van der Waals surface area contributed by atoms with Crippen molar-refractivity contribution in [3.8, 4) is 0 Å². The molecular formula is C15H24N4O2. The molecule has 1 aromatic rings. The van der Waals surface area contributed by atoms with Crippen LogP contribution in [0.1, 0.15) is 33.0 Å². The number of rotatable bonds is 3. The van der Waals surface area contributed by atoms with Crippen LogP contribution in [-0.4, -0.2) is 35.3 Å². The first-order valence-electron chi connectivity index (χ1n) is 7.32. The second-order valence-corrected chi connectivity index (χ2v) is 6.53. The summed E-state index contributed by atoms with van der Waals surface area (Å²) in [6.07, 6.45) is 2.78. The Hall–Kier alpha value is -1.69. The molecule has 2 heterocycles. The third-order valence-electron chi connectivity index (χ3n) is 3.61. The van der Waals surface area contributed by atoms with Gasteiger partial charge >= 0.3 is 6.03 Å². The molecule has 1 aliphatic heterocycles. The Bertz CT molecular complexity index is 499. The molecule has 1 saturated heterocycles. The predicted octanol–water partition coefficient (Wildman–Crippen LogP) is 2.36. The van der Waals surface area contributed by atoms with Gasteiger partial charge in [0.2, 0.25) is 0 Å². The van der Waals surface area contributed by atoms with Gasteiger partial charge in [0.25, 0.3) is 0 Å². The largest absolute Gasteiger partial charge is 0.377 e.